The van der Waals surface area contributed by atoms with Gasteiger partial charge in [0.25, 0.3) is 0 Å². The largest absolute Gasteiger partial charge is 0.364 e. The van der Waals surface area contributed by atoms with Crippen LogP contribution in [0.15, 0.2) is 6.07 Å². The second kappa shape index (κ2) is 4.95. The van der Waals surface area contributed by atoms with Gasteiger partial charge in [-0.15, -0.1) is 0 Å². The first-order valence-corrected chi connectivity index (χ1v) is 5.95. The summed E-state index contributed by atoms with van der Waals surface area (Å²) >= 11 is 5.82. The third kappa shape index (κ3) is 2.82. The summed E-state index contributed by atoms with van der Waals surface area (Å²) in [7, 11) is 0. The fourth-order valence-electron chi connectivity index (χ4n) is 2.04. The van der Waals surface area contributed by atoms with E-state index in [9.17, 15) is 4.39 Å². The number of aryl methyl sites for hydroxylation is 1. The predicted molar refractivity (Wildman–Crippen MR) is 62.6 cm³/mol. The van der Waals surface area contributed by atoms with Crippen molar-refractivity contribution in [3.05, 3.63) is 17.0 Å². The van der Waals surface area contributed by atoms with Gasteiger partial charge in [-0.2, -0.15) is 0 Å². The van der Waals surface area contributed by atoms with Crippen LogP contribution in [0.1, 0.15) is 31.5 Å². The van der Waals surface area contributed by atoms with Crippen molar-refractivity contribution < 1.29 is 4.39 Å². The third-order valence-electron chi connectivity index (χ3n) is 2.82. The average molecular weight is 244 g/mol. The van der Waals surface area contributed by atoms with Crippen molar-refractivity contribution in [2.24, 2.45) is 0 Å². The van der Waals surface area contributed by atoms with Gasteiger partial charge in [0.2, 0.25) is 0 Å². The zero-order valence-corrected chi connectivity index (χ0v) is 9.97. The van der Waals surface area contributed by atoms with E-state index < -0.39 is 6.17 Å². The van der Waals surface area contributed by atoms with E-state index in [0.717, 1.165) is 19.3 Å². The summed E-state index contributed by atoms with van der Waals surface area (Å²) in [6, 6.07) is 1.50. The van der Waals surface area contributed by atoms with Crippen LogP contribution >= 0.6 is 11.6 Å². The lowest BCUT2D eigenvalue weighted by atomic mass is 9.94. The van der Waals surface area contributed by atoms with Crippen LogP contribution in [0.2, 0.25) is 5.15 Å². The maximum atomic E-state index is 13.6. The second-order valence-corrected chi connectivity index (χ2v) is 4.56. The third-order valence-corrected chi connectivity index (χ3v) is 3.02. The van der Waals surface area contributed by atoms with E-state index in [2.05, 4.69) is 15.3 Å². The molecule has 0 aromatic carbocycles. The molecule has 2 rings (SSSR count). The summed E-state index contributed by atoms with van der Waals surface area (Å²) in [6.45, 7) is 1.77. The van der Waals surface area contributed by atoms with Crippen molar-refractivity contribution in [1.82, 2.24) is 9.97 Å². The lowest BCUT2D eigenvalue weighted by Crippen LogP contribution is -2.33. The minimum absolute atomic E-state index is 0.140. The van der Waals surface area contributed by atoms with Gasteiger partial charge in [0.1, 0.15) is 23.0 Å². The Balaban J connectivity index is 2.07. The maximum absolute atomic E-state index is 13.6. The molecule has 1 fully saturated rings. The Morgan fingerprint density at radius 2 is 2.12 bits per heavy atom. The maximum Gasteiger partial charge on any atom is 0.134 e. The summed E-state index contributed by atoms with van der Waals surface area (Å²) in [4.78, 5) is 8.16. The highest BCUT2D eigenvalue weighted by molar-refractivity contribution is 6.29. The highest BCUT2D eigenvalue weighted by Gasteiger charge is 2.24. The molecule has 1 aliphatic carbocycles. The first-order chi connectivity index (χ1) is 7.65. The van der Waals surface area contributed by atoms with Crippen LogP contribution < -0.4 is 5.32 Å². The normalized spacial score (nSPS) is 25.4. The van der Waals surface area contributed by atoms with Crippen LogP contribution in [-0.4, -0.2) is 22.2 Å². The molecule has 0 radical (unpaired) electrons. The number of nitrogens with one attached hydrogen (secondary N) is 1. The number of anilines is 1. The van der Waals surface area contributed by atoms with E-state index in [1.807, 2.05) is 0 Å². The molecule has 1 aliphatic rings. The van der Waals surface area contributed by atoms with Gasteiger partial charge in [0.05, 0.1) is 6.04 Å². The zero-order valence-electron chi connectivity index (χ0n) is 9.21. The molecule has 0 amide bonds. The molecule has 3 nitrogen and oxygen atoms in total. The first-order valence-electron chi connectivity index (χ1n) is 5.57. The molecule has 0 aliphatic heterocycles. The van der Waals surface area contributed by atoms with Crippen molar-refractivity contribution >= 4 is 17.4 Å². The number of halogens is 2. The van der Waals surface area contributed by atoms with E-state index >= 15 is 0 Å². The van der Waals surface area contributed by atoms with Crippen molar-refractivity contribution in [2.45, 2.75) is 44.8 Å². The number of nitrogens with zero attached hydrogens (tertiary/aromatic N) is 2. The number of hydrogen-bond donors (Lipinski definition) is 1. The molecule has 1 heterocycles. The van der Waals surface area contributed by atoms with Crippen molar-refractivity contribution in [1.29, 1.82) is 0 Å². The van der Waals surface area contributed by atoms with Gasteiger partial charge in [-0.3, -0.25) is 0 Å². The van der Waals surface area contributed by atoms with Crippen LogP contribution in [0.3, 0.4) is 0 Å². The topological polar surface area (TPSA) is 37.8 Å². The van der Waals surface area contributed by atoms with Gasteiger partial charge in [0.15, 0.2) is 0 Å². The molecule has 2 atom stereocenters. The number of aromatic nitrogens is 2. The molecule has 1 saturated carbocycles. The molecule has 1 aromatic rings. The van der Waals surface area contributed by atoms with Gasteiger partial charge in [0, 0.05) is 6.07 Å². The molecule has 5 heteroatoms. The molecule has 0 unspecified atom stereocenters. The SMILES string of the molecule is Cc1nc(Cl)cc(N[C@@H]2CCCC[C@H]2F)n1. The van der Waals surface area contributed by atoms with Gasteiger partial charge in [-0.05, 0) is 19.8 Å². The number of alkyl halides is 1. The van der Waals surface area contributed by atoms with E-state index in [4.69, 9.17) is 11.6 Å². The Morgan fingerprint density at radius 1 is 1.38 bits per heavy atom. The van der Waals surface area contributed by atoms with E-state index in [0.29, 0.717) is 23.2 Å². The molecule has 16 heavy (non-hydrogen) atoms. The van der Waals surface area contributed by atoms with Gasteiger partial charge < -0.3 is 5.32 Å². The summed E-state index contributed by atoms with van der Waals surface area (Å²) in [5.74, 6) is 1.22. The van der Waals surface area contributed by atoms with Crippen LogP contribution in [0.25, 0.3) is 0 Å². The molecule has 1 N–H and O–H groups in total. The van der Waals surface area contributed by atoms with E-state index in [-0.39, 0.29) is 6.04 Å². The summed E-state index contributed by atoms with van der Waals surface area (Å²) in [5.41, 5.74) is 0. The Kier molecular flexibility index (Phi) is 3.59. The van der Waals surface area contributed by atoms with Crippen LogP contribution in [0.5, 0.6) is 0 Å². The Hall–Kier alpha value is -0.900. The summed E-state index contributed by atoms with van der Waals surface area (Å²) < 4.78 is 13.6. The van der Waals surface area contributed by atoms with Gasteiger partial charge >= 0.3 is 0 Å². The molecule has 0 bridgehead atoms. The molecule has 1 aromatic heterocycles. The molecule has 0 spiro atoms. The average Bonchev–Trinajstić information content (AvgIpc) is 2.20. The van der Waals surface area contributed by atoms with E-state index in [1.54, 1.807) is 13.0 Å². The number of rotatable bonds is 2. The molecular weight excluding hydrogens is 229 g/mol. The lowest BCUT2D eigenvalue weighted by molar-refractivity contribution is 0.229. The predicted octanol–water partition coefficient (Wildman–Crippen LogP) is 3.13. The fourth-order valence-corrected chi connectivity index (χ4v) is 2.27. The van der Waals surface area contributed by atoms with Crippen LogP contribution in [0, 0.1) is 6.92 Å². The van der Waals surface area contributed by atoms with E-state index in [1.165, 1.54) is 0 Å². The Morgan fingerprint density at radius 3 is 2.81 bits per heavy atom. The van der Waals surface area contributed by atoms with Crippen LogP contribution in [-0.2, 0) is 0 Å². The van der Waals surface area contributed by atoms with Crippen molar-refractivity contribution in [3.8, 4) is 0 Å². The first kappa shape index (κ1) is 11.6. The van der Waals surface area contributed by atoms with Crippen molar-refractivity contribution in [2.75, 3.05) is 5.32 Å². The summed E-state index contributed by atoms with van der Waals surface area (Å²) in [5, 5.41) is 3.49. The zero-order chi connectivity index (χ0) is 11.5. The highest BCUT2D eigenvalue weighted by atomic mass is 35.5. The van der Waals surface area contributed by atoms with Crippen molar-refractivity contribution in [3.63, 3.8) is 0 Å². The Bertz CT molecular complexity index is 352. The van der Waals surface area contributed by atoms with Crippen LogP contribution in [0.4, 0.5) is 10.2 Å². The smallest absolute Gasteiger partial charge is 0.134 e. The highest BCUT2D eigenvalue weighted by Crippen LogP contribution is 2.24. The minimum atomic E-state index is -0.789. The number of hydrogen-bond acceptors (Lipinski definition) is 3. The molecule has 0 saturated heterocycles. The molecular formula is C11H15ClFN3. The standard InChI is InChI=1S/C11H15ClFN3/c1-7-14-10(12)6-11(15-7)16-9-5-3-2-4-8(9)13/h6,8-9H,2-5H2,1H3,(H,14,15,16)/t8-,9-/m1/s1. The monoisotopic (exact) mass is 243 g/mol. The molecule has 88 valence electrons. The fraction of sp³-hybridized carbons (Fsp3) is 0.636. The lowest BCUT2D eigenvalue weighted by Gasteiger charge is -2.27. The quantitative estimate of drug-likeness (QED) is 0.811. The van der Waals surface area contributed by atoms with Gasteiger partial charge in [-0.25, -0.2) is 14.4 Å². The minimum Gasteiger partial charge on any atom is -0.364 e. The summed E-state index contributed by atoms with van der Waals surface area (Å²) in [6.07, 6.45) is 2.73. The second-order valence-electron chi connectivity index (χ2n) is 4.17. The van der Waals surface area contributed by atoms with Gasteiger partial charge in [-0.1, -0.05) is 24.4 Å². The Labute approximate surface area is 99.4 Å².